The van der Waals surface area contributed by atoms with Gasteiger partial charge in [-0.3, -0.25) is 0 Å². The van der Waals surface area contributed by atoms with Crippen LogP contribution in [0.3, 0.4) is 0 Å². The zero-order chi connectivity index (χ0) is 13.5. The summed E-state index contributed by atoms with van der Waals surface area (Å²) in [4.78, 5) is 11.6. The number of hydrogen-bond donors (Lipinski definition) is 3. The van der Waals surface area contributed by atoms with E-state index in [4.69, 9.17) is 5.11 Å². The molecule has 0 saturated heterocycles. The van der Waals surface area contributed by atoms with Gasteiger partial charge in [0.25, 0.3) is 0 Å². The van der Waals surface area contributed by atoms with Gasteiger partial charge < -0.3 is 15.7 Å². The van der Waals surface area contributed by atoms with Crippen molar-refractivity contribution < 1.29 is 14.3 Å². The molecule has 1 atom stereocenters. The molecule has 0 aromatic heterocycles. The second-order valence-electron chi connectivity index (χ2n) is 4.38. The molecule has 0 radical (unpaired) electrons. The van der Waals surface area contributed by atoms with E-state index in [-0.39, 0.29) is 24.5 Å². The fraction of sp³-hybridized carbons (Fsp3) is 0.462. The first-order valence-electron chi connectivity index (χ1n) is 5.97. The molecule has 1 aromatic rings. The summed E-state index contributed by atoms with van der Waals surface area (Å²) >= 11 is 0. The van der Waals surface area contributed by atoms with Gasteiger partial charge in [0.2, 0.25) is 0 Å². The summed E-state index contributed by atoms with van der Waals surface area (Å²) < 4.78 is 13.1. The van der Waals surface area contributed by atoms with Crippen LogP contribution >= 0.6 is 0 Å². The number of nitrogens with one attached hydrogen (secondary N) is 2. The van der Waals surface area contributed by atoms with Crippen molar-refractivity contribution in [2.45, 2.75) is 32.7 Å². The Morgan fingerprint density at radius 1 is 1.44 bits per heavy atom. The average molecular weight is 254 g/mol. The van der Waals surface area contributed by atoms with E-state index in [0.717, 1.165) is 5.56 Å². The number of benzene rings is 1. The molecule has 1 aromatic carbocycles. The standard InChI is InChI=1S/C13H19FN2O2/c1-9-6-11(14)8-12(7-9)16-13(18)15-10(2)4-3-5-17/h6-8,10,17H,3-5H2,1-2H3,(H2,15,16,18). The largest absolute Gasteiger partial charge is 0.396 e. The van der Waals surface area contributed by atoms with Crippen molar-refractivity contribution in [3.8, 4) is 0 Å². The highest BCUT2D eigenvalue weighted by molar-refractivity contribution is 5.89. The number of aliphatic hydroxyl groups excluding tert-OH is 1. The van der Waals surface area contributed by atoms with Crippen LogP contribution in [0.15, 0.2) is 18.2 Å². The Labute approximate surface area is 106 Å². The third kappa shape index (κ3) is 5.14. The van der Waals surface area contributed by atoms with Gasteiger partial charge in [0, 0.05) is 18.3 Å². The molecule has 2 amide bonds. The van der Waals surface area contributed by atoms with Gasteiger partial charge >= 0.3 is 6.03 Å². The molecule has 100 valence electrons. The van der Waals surface area contributed by atoms with E-state index in [1.807, 2.05) is 6.92 Å². The quantitative estimate of drug-likeness (QED) is 0.755. The molecule has 0 saturated carbocycles. The van der Waals surface area contributed by atoms with Crippen LogP contribution in [0.25, 0.3) is 0 Å². The minimum absolute atomic E-state index is 0.0354. The molecule has 1 unspecified atom stereocenters. The molecule has 5 heteroatoms. The Hall–Kier alpha value is -1.62. The lowest BCUT2D eigenvalue weighted by Gasteiger charge is -2.14. The average Bonchev–Trinajstić information content (AvgIpc) is 2.24. The monoisotopic (exact) mass is 254 g/mol. The van der Waals surface area contributed by atoms with Crippen LogP contribution in [0.2, 0.25) is 0 Å². The van der Waals surface area contributed by atoms with Crippen molar-refractivity contribution in [2.75, 3.05) is 11.9 Å². The number of rotatable bonds is 5. The van der Waals surface area contributed by atoms with Gasteiger partial charge in [-0.2, -0.15) is 0 Å². The second kappa shape index (κ2) is 6.96. The normalized spacial score (nSPS) is 12.0. The van der Waals surface area contributed by atoms with E-state index in [1.165, 1.54) is 12.1 Å². The third-order valence-corrected chi connectivity index (χ3v) is 2.47. The molecule has 4 nitrogen and oxygen atoms in total. The zero-order valence-electron chi connectivity index (χ0n) is 10.7. The van der Waals surface area contributed by atoms with Crippen LogP contribution in [0.4, 0.5) is 14.9 Å². The number of amides is 2. The number of carbonyl (C=O) groups is 1. The van der Waals surface area contributed by atoms with E-state index < -0.39 is 0 Å². The summed E-state index contributed by atoms with van der Waals surface area (Å²) in [7, 11) is 0. The maximum Gasteiger partial charge on any atom is 0.319 e. The highest BCUT2D eigenvalue weighted by Crippen LogP contribution is 2.13. The second-order valence-corrected chi connectivity index (χ2v) is 4.38. The fourth-order valence-electron chi connectivity index (χ4n) is 1.67. The van der Waals surface area contributed by atoms with Gasteiger partial charge in [-0.25, -0.2) is 9.18 Å². The lowest BCUT2D eigenvalue weighted by atomic mass is 10.2. The van der Waals surface area contributed by atoms with E-state index in [1.54, 1.807) is 13.0 Å². The molecule has 3 N–H and O–H groups in total. The van der Waals surface area contributed by atoms with E-state index in [0.29, 0.717) is 18.5 Å². The number of hydrogen-bond acceptors (Lipinski definition) is 2. The van der Waals surface area contributed by atoms with Crippen molar-refractivity contribution >= 4 is 11.7 Å². The first-order chi connectivity index (χ1) is 8.51. The first kappa shape index (κ1) is 14.4. The Kier molecular flexibility index (Phi) is 5.58. The summed E-state index contributed by atoms with van der Waals surface area (Å²) in [6, 6.07) is 3.95. The van der Waals surface area contributed by atoms with Crippen LogP contribution in [-0.4, -0.2) is 23.8 Å². The molecule has 1 rings (SSSR count). The van der Waals surface area contributed by atoms with Crippen LogP contribution in [-0.2, 0) is 0 Å². The summed E-state index contributed by atoms with van der Waals surface area (Å²) in [5, 5.41) is 14.0. The van der Waals surface area contributed by atoms with Crippen LogP contribution in [0.5, 0.6) is 0 Å². The van der Waals surface area contributed by atoms with Gasteiger partial charge in [-0.05, 0) is 50.5 Å². The molecule has 0 aliphatic rings. The number of anilines is 1. The first-order valence-corrected chi connectivity index (χ1v) is 5.97. The third-order valence-electron chi connectivity index (χ3n) is 2.47. The van der Waals surface area contributed by atoms with Crippen molar-refractivity contribution in [3.05, 3.63) is 29.6 Å². The molecule has 0 fully saturated rings. The minimum Gasteiger partial charge on any atom is -0.396 e. The lowest BCUT2D eigenvalue weighted by Crippen LogP contribution is -2.36. The lowest BCUT2D eigenvalue weighted by molar-refractivity contribution is 0.245. The molecule has 0 aliphatic carbocycles. The van der Waals surface area contributed by atoms with Gasteiger partial charge in [0.1, 0.15) is 5.82 Å². The number of carbonyl (C=O) groups excluding carboxylic acids is 1. The van der Waals surface area contributed by atoms with E-state index in [9.17, 15) is 9.18 Å². The Morgan fingerprint density at radius 3 is 2.78 bits per heavy atom. The summed E-state index contributed by atoms with van der Waals surface area (Å²) in [6.07, 6.45) is 1.34. The van der Waals surface area contributed by atoms with Gasteiger partial charge in [-0.1, -0.05) is 0 Å². The molecular weight excluding hydrogens is 235 g/mol. The van der Waals surface area contributed by atoms with Crippen molar-refractivity contribution in [1.82, 2.24) is 5.32 Å². The molecular formula is C13H19FN2O2. The molecule has 18 heavy (non-hydrogen) atoms. The van der Waals surface area contributed by atoms with Crippen molar-refractivity contribution in [3.63, 3.8) is 0 Å². The molecule has 0 aliphatic heterocycles. The predicted octanol–water partition coefficient (Wildman–Crippen LogP) is 2.42. The Bertz CT molecular complexity index is 390. The van der Waals surface area contributed by atoms with Crippen LogP contribution in [0.1, 0.15) is 25.3 Å². The van der Waals surface area contributed by atoms with Crippen LogP contribution in [0, 0.1) is 12.7 Å². The topological polar surface area (TPSA) is 61.4 Å². The van der Waals surface area contributed by atoms with Crippen molar-refractivity contribution in [2.24, 2.45) is 0 Å². The number of aliphatic hydroxyl groups is 1. The number of halogens is 1. The van der Waals surface area contributed by atoms with Gasteiger partial charge in [0.05, 0.1) is 0 Å². The maximum atomic E-state index is 13.1. The smallest absolute Gasteiger partial charge is 0.319 e. The number of urea groups is 1. The van der Waals surface area contributed by atoms with E-state index in [2.05, 4.69) is 10.6 Å². The maximum absolute atomic E-state index is 13.1. The van der Waals surface area contributed by atoms with Crippen LogP contribution < -0.4 is 10.6 Å². The summed E-state index contributed by atoms with van der Waals surface area (Å²) in [5.41, 5.74) is 1.18. The number of aryl methyl sites for hydroxylation is 1. The van der Waals surface area contributed by atoms with Gasteiger partial charge in [-0.15, -0.1) is 0 Å². The van der Waals surface area contributed by atoms with Gasteiger partial charge in [0.15, 0.2) is 0 Å². The highest BCUT2D eigenvalue weighted by Gasteiger charge is 2.07. The van der Waals surface area contributed by atoms with E-state index >= 15 is 0 Å². The molecule has 0 spiro atoms. The SMILES string of the molecule is Cc1cc(F)cc(NC(=O)NC(C)CCCO)c1. The minimum atomic E-state index is -0.376. The summed E-state index contributed by atoms with van der Waals surface area (Å²) in [5.74, 6) is -0.376. The summed E-state index contributed by atoms with van der Waals surface area (Å²) in [6.45, 7) is 3.72. The Morgan fingerprint density at radius 2 is 2.17 bits per heavy atom. The Balaban J connectivity index is 2.48. The molecule has 0 bridgehead atoms. The molecule has 0 heterocycles. The predicted molar refractivity (Wildman–Crippen MR) is 69.1 cm³/mol. The zero-order valence-corrected chi connectivity index (χ0v) is 10.7. The highest BCUT2D eigenvalue weighted by atomic mass is 19.1. The fourth-order valence-corrected chi connectivity index (χ4v) is 1.67. The van der Waals surface area contributed by atoms with Crippen molar-refractivity contribution in [1.29, 1.82) is 0 Å².